The predicted octanol–water partition coefficient (Wildman–Crippen LogP) is 0.258. The van der Waals surface area contributed by atoms with Gasteiger partial charge in [0.1, 0.15) is 42.0 Å². The second-order valence-corrected chi connectivity index (χ2v) is 7.09. The van der Waals surface area contributed by atoms with Crippen molar-refractivity contribution in [1.82, 2.24) is 0 Å². The van der Waals surface area contributed by atoms with Crippen LogP contribution in [-0.2, 0) is 9.47 Å². The number of carbonyl (C=O) groups is 1. The first kappa shape index (κ1) is 19.9. The summed E-state index contributed by atoms with van der Waals surface area (Å²) in [7, 11) is 1.49. The number of esters is 1. The highest BCUT2D eigenvalue weighted by molar-refractivity contribution is 6.04. The molecule has 4 rings (SSSR count). The van der Waals surface area contributed by atoms with Gasteiger partial charge < -0.3 is 39.4 Å². The summed E-state index contributed by atoms with van der Waals surface area (Å²) >= 11 is 0. The van der Waals surface area contributed by atoms with Gasteiger partial charge in [0.15, 0.2) is 0 Å². The SMILES string of the molecule is COc1cccc2cc3c(c(O[C@@H]4OC(CO)[C@@H](O)C(O)C4O)c12)C(C)OC3=O. The van der Waals surface area contributed by atoms with Crippen LogP contribution in [0.2, 0.25) is 0 Å². The molecule has 4 unspecified atom stereocenters. The Hall–Kier alpha value is -2.43. The van der Waals surface area contributed by atoms with Crippen LogP contribution in [0.3, 0.4) is 0 Å². The van der Waals surface area contributed by atoms with Crippen LogP contribution in [0.1, 0.15) is 28.9 Å². The second-order valence-electron chi connectivity index (χ2n) is 7.09. The summed E-state index contributed by atoms with van der Waals surface area (Å²) in [4.78, 5) is 12.3. The highest BCUT2D eigenvalue weighted by Crippen LogP contribution is 2.46. The molecule has 0 radical (unpaired) electrons. The van der Waals surface area contributed by atoms with Crippen molar-refractivity contribution in [1.29, 1.82) is 0 Å². The average molecular weight is 406 g/mol. The molecule has 2 aromatic rings. The molecule has 156 valence electrons. The Balaban J connectivity index is 1.86. The Morgan fingerprint density at radius 1 is 1.14 bits per heavy atom. The average Bonchev–Trinajstić information content (AvgIpc) is 3.00. The lowest BCUT2D eigenvalue weighted by molar-refractivity contribution is -0.277. The summed E-state index contributed by atoms with van der Waals surface area (Å²) in [6.07, 6.45) is -7.85. The number of fused-ring (bicyclic) bond motifs is 2. The quantitative estimate of drug-likeness (QED) is 0.527. The number of cyclic esters (lactones) is 1. The fraction of sp³-hybridized carbons (Fsp3) is 0.450. The maximum absolute atomic E-state index is 12.3. The lowest BCUT2D eigenvalue weighted by Gasteiger charge is -2.40. The summed E-state index contributed by atoms with van der Waals surface area (Å²) in [5.41, 5.74) is 0.779. The molecule has 29 heavy (non-hydrogen) atoms. The van der Waals surface area contributed by atoms with Gasteiger partial charge in [0.05, 0.1) is 24.7 Å². The first-order chi connectivity index (χ1) is 13.9. The molecule has 0 spiro atoms. The first-order valence-electron chi connectivity index (χ1n) is 9.19. The summed E-state index contributed by atoms with van der Waals surface area (Å²) in [5.74, 6) is 0.171. The van der Waals surface area contributed by atoms with E-state index in [-0.39, 0.29) is 5.75 Å². The van der Waals surface area contributed by atoms with Gasteiger partial charge in [0.2, 0.25) is 6.29 Å². The third kappa shape index (κ3) is 3.11. The zero-order valence-electron chi connectivity index (χ0n) is 15.8. The van der Waals surface area contributed by atoms with E-state index in [0.29, 0.717) is 27.6 Å². The van der Waals surface area contributed by atoms with Crippen molar-refractivity contribution < 1.29 is 44.2 Å². The van der Waals surface area contributed by atoms with E-state index in [2.05, 4.69) is 0 Å². The van der Waals surface area contributed by atoms with E-state index in [4.69, 9.17) is 18.9 Å². The zero-order valence-corrected chi connectivity index (χ0v) is 15.8. The second kappa shape index (κ2) is 7.43. The maximum atomic E-state index is 12.3. The minimum atomic E-state index is -1.60. The van der Waals surface area contributed by atoms with E-state index in [1.54, 1.807) is 31.2 Å². The van der Waals surface area contributed by atoms with Gasteiger partial charge in [-0.15, -0.1) is 0 Å². The van der Waals surface area contributed by atoms with Crippen molar-refractivity contribution in [2.75, 3.05) is 13.7 Å². The van der Waals surface area contributed by atoms with Crippen molar-refractivity contribution in [3.8, 4) is 11.5 Å². The molecule has 2 aliphatic heterocycles. The Morgan fingerprint density at radius 2 is 1.90 bits per heavy atom. The predicted molar refractivity (Wildman–Crippen MR) is 98.7 cm³/mol. The number of benzene rings is 2. The molecule has 0 bridgehead atoms. The molecule has 2 heterocycles. The van der Waals surface area contributed by atoms with E-state index >= 15 is 0 Å². The molecule has 6 atom stereocenters. The lowest BCUT2D eigenvalue weighted by Crippen LogP contribution is -2.60. The van der Waals surface area contributed by atoms with E-state index in [1.807, 2.05) is 0 Å². The number of aliphatic hydroxyl groups excluding tert-OH is 4. The number of rotatable bonds is 4. The monoisotopic (exact) mass is 406 g/mol. The number of methoxy groups -OCH3 is 1. The minimum absolute atomic E-state index is 0.206. The van der Waals surface area contributed by atoms with Crippen LogP contribution in [0, 0.1) is 0 Å². The molecular formula is C20H22O9. The Morgan fingerprint density at radius 3 is 2.59 bits per heavy atom. The molecule has 9 nitrogen and oxygen atoms in total. The van der Waals surface area contributed by atoms with Crippen LogP contribution in [0.5, 0.6) is 11.5 Å². The van der Waals surface area contributed by atoms with Crippen LogP contribution in [0.25, 0.3) is 10.8 Å². The minimum Gasteiger partial charge on any atom is -0.496 e. The van der Waals surface area contributed by atoms with Crippen LogP contribution >= 0.6 is 0 Å². The standard InChI is InChI=1S/C20H22O9/c1-8-13-10(19(25)27-8)6-9-4-3-5-11(26-2)14(9)18(13)29-20-17(24)16(23)15(22)12(7-21)28-20/h3-6,8,12,15-17,20-24H,7H2,1-2H3/t8?,12?,15-,16?,17?,20+/m1/s1. The number of hydrogen-bond acceptors (Lipinski definition) is 9. The van der Waals surface area contributed by atoms with Gasteiger partial charge in [0, 0.05) is 5.56 Å². The van der Waals surface area contributed by atoms with Gasteiger partial charge in [-0.1, -0.05) is 12.1 Å². The molecule has 4 N–H and O–H groups in total. The van der Waals surface area contributed by atoms with Crippen LogP contribution < -0.4 is 9.47 Å². The van der Waals surface area contributed by atoms with E-state index in [0.717, 1.165) is 0 Å². The van der Waals surface area contributed by atoms with Gasteiger partial charge in [-0.25, -0.2) is 4.79 Å². The van der Waals surface area contributed by atoms with Gasteiger partial charge in [-0.05, 0) is 24.4 Å². The number of carbonyl (C=O) groups excluding carboxylic acids is 1. The third-order valence-electron chi connectivity index (χ3n) is 5.33. The number of hydrogen-bond donors (Lipinski definition) is 4. The molecule has 0 aliphatic carbocycles. The van der Waals surface area contributed by atoms with Crippen molar-refractivity contribution in [2.24, 2.45) is 0 Å². The molecule has 1 fully saturated rings. The van der Waals surface area contributed by atoms with Gasteiger partial charge in [0.25, 0.3) is 0 Å². The topological polar surface area (TPSA) is 135 Å². The van der Waals surface area contributed by atoms with E-state index in [1.165, 1.54) is 7.11 Å². The first-order valence-corrected chi connectivity index (χ1v) is 9.19. The van der Waals surface area contributed by atoms with Crippen LogP contribution in [0.15, 0.2) is 24.3 Å². The highest BCUT2D eigenvalue weighted by atomic mass is 16.7. The van der Waals surface area contributed by atoms with Crippen LogP contribution in [-0.4, -0.2) is 70.8 Å². The maximum Gasteiger partial charge on any atom is 0.339 e. The fourth-order valence-corrected chi connectivity index (χ4v) is 3.83. The Labute approximate surface area is 166 Å². The van der Waals surface area contributed by atoms with Gasteiger partial charge >= 0.3 is 5.97 Å². The van der Waals surface area contributed by atoms with Crippen LogP contribution in [0.4, 0.5) is 0 Å². The van der Waals surface area contributed by atoms with Crippen molar-refractivity contribution in [3.05, 3.63) is 35.4 Å². The van der Waals surface area contributed by atoms with Crippen molar-refractivity contribution in [3.63, 3.8) is 0 Å². The Kier molecular flexibility index (Phi) is 5.09. The molecule has 9 heteroatoms. The fourth-order valence-electron chi connectivity index (χ4n) is 3.83. The molecule has 0 aromatic heterocycles. The normalized spacial score (nSPS) is 31.4. The number of aliphatic hydroxyl groups is 4. The van der Waals surface area contributed by atoms with Crippen molar-refractivity contribution >= 4 is 16.7 Å². The molecule has 2 aliphatic rings. The molecule has 0 amide bonds. The van der Waals surface area contributed by atoms with Gasteiger partial charge in [-0.2, -0.15) is 0 Å². The largest absolute Gasteiger partial charge is 0.496 e. The zero-order chi connectivity index (χ0) is 20.9. The third-order valence-corrected chi connectivity index (χ3v) is 5.33. The van der Waals surface area contributed by atoms with E-state index < -0.39 is 49.4 Å². The molecule has 0 saturated carbocycles. The van der Waals surface area contributed by atoms with Gasteiger partial charge in [-0.3, -0.25) is 0 Å². The van der Waals surface area contributed by atoms with E-state index in [9.17, 15) is 25.2 Å². The summed E-state index contributed by atoms with van der Waals surface area (Å²) < 4.78 is 22.2. The summed E-state index contributed by atoms with van der Waals surface area (Å²) in [5, 5.41) is 41.0. The molecule has 2 aromatic carbocycles. The highest BCUT2D eigenvalue weighted by Gasteiger charge is 2.46. The lowest BCUT2D eigenvalue weighted by atomic mass is 9.96. The Bertz CT molecular complexity index is 941. The summed E-state index contributed by atoms with van der Waals surface area (Å²) in [6.45, 7) is 1.10. The van der Waals surface area contributed by atoms with Crippen molar-refractivity contribution in [2.45, 2.75) is 43.7 Å². The number of ether oxygens (including phenoxy) is 4. The molecular weight excluding hydrogens is 384 g/mol. The molecule has 1 saturated heterocycles. The summed E-state index contributed by atoms with van der Waals surface area (Å²) in [6, 6.07) is 6.93. The smallest absolute Gasteiger partial charge is 0.339 e.